The average Bonchev–Trinajstić information content (AvgIpc) is 3.09. The van der Waals surface area contributed by atoms with Gasteiger partial charge in [-0.1, -0.05) is 30.3 Å². The fourth-order valence-corrected chi connectivity index (χ4v) is 3.50. The minimum Gasteiger partial charge on any atom is -0.390 e. The highest BCUT2D eigenvalue weighted by Gasteiger charge is 2.29. The number of hydrogen-bond donors (Lipinski definition) is 1. The molecule has 0 spiro atoms. The van der Waals surface area contributed by atoms with E-state index in [2.05, 4.69) is 0 Å². The minimum atomic E-state index is -0.720. The molecular weight excluding hydrogens is 329 g/mol. The van der Waals surface area contributed by atoms with Crippen LogP contribution < -0.4 is 0 Å². The monoisotopic (exact) mass is 355 g/mol. The quantitative estimate of drug-likeness (QED) is 0.875. The van der Waals surface area contributed by atoms with Crippen molar-refractivity contribution in [1.29, 1.82) is 0 Å². The van der Waals surface area contributed by atoms with Crippen LogP contribution in [0.2, 0.25) is 0 Å². The van der Waals surface area contributed by atoms with E-state index in [1.54, 1.807) is 19.9 Å². The number of amides is 1. The second-order valence-electron chi connectivity index (χ2n) is 7.77. The Morgan fingerprint density at radius 3 is 2.73 bits per heavy atom. The zero-order chi connectivity index (χ0) is 18.7. The van der Waals surface area contributed by atoms with E-state index in [1.165, 1.54) is 6.07 Å². The third kappa shape index (κ3) is 4.50. The van der Waals surface area contributed by atoms with Gasteiger partial charge in [-0.05, 0) is 62.4 Å². The van der Waals surface area contributed by atoms with E-state index >= 15 is 0 Å². The molecule has 0 saturated carbocycles. The van der Waals surface area contributed by atoms with E-state index in [0.29, 0.717) is 30.6 Å². The van der Waals surface area contributed by atoms with Crippen molar-refractivity contribution < 1.29 is 14.3 Å². The van der Waals surface area contributed by atoms with E-state index in [9.17, 15) is 14.3 Å². The molecule has 0 aliphatic carbocycles. The maximum atomic E-state index is 14.0. The topological polar surface area (TPSA) is 40.5 Å². The number of aliphatic hydroxyl groups is 1. The van der Waals surface area contributed by atoms with E-state index < -0.39 is 5.60 Å². The lowest BCUT2D eigenvalue weighted by atomic mass is 9.97. The summed E-state index contributed by atoms with van der Waals surface area (Å²) in [5.41, 5.74) is 1.68. The van der Waals surface area contributed by atoms with Crippen molar-refractivity contribution in [2.75, 3.05) is 13.1 Å². The molecule has 0 aromatic heterocycles. The molecule has 2 aromatic carbocycles. The van der Waals surface area contributed by atoms with Crippen LogP contribution in [0.4, 0.5) is 4.39 Å². The molecule has 1 atom stereocenters. The number of carbonyl (C=O) groups excluding carboxylic acids is 1. The summed E-state index contributed by atoms with van der Waals surface area (Å²) >= 11 is 0. The van der Waals surface area contributed by atoms with Crippen LogP contribution in [-0.2, 0) is 6.42 Å². The Hall–Kier alpha value is -2.20. The fourth-order valence-electron chi connectivity index (χ4n) is 3.50. The van der Waals surface area contributed by atoms with Crippen molar-refractivity contribution in [1.82, 2.24) is 4.90 Å². The summed E-state index contributed by atoms with van der Waals surface area (Å²) in [6.07, 6.45) is 2.15. The van der Waals surface area contributed by atoms with E-state index in [4.69, 9.17) is 0 Å². The molecule has 1 heterocycles. The van der Waals surface area contributed by atoms with E-state index in [1.807, 2.05) is 41.3 Å². The molecule has 1 saturated heterocycles. The molecule has 3 nitrogen and oxygen atoms in total. The van der Waals surface area contributed by atoms with Gasteiger partial charge in [-0.3, -0.25) is 4.79 Å². The Labute approximate surface area is 154 Å². The van der Waals surface area contributed by atoms with Gasteiger partial charge in [0.25, 0.3) is 5.91 Å². The fraction of sp³-hybridized carbons (Fsp3) is 0.409. The number of rotatable bonds is 5. The summed E-state index contributed by atoms with van der Waals surface area (Å²) in [5, 5.41) is 9.88. The summed E-state index contributed by atoms with van der Waals surface area (Å²) in [6, 6.07) is 14.4. The van der Waals surface area contributed by atoms with Crippen molar-refractivity contribution >= 4 is 5.91 Å². The van der Waals surface area contributed by atoms with Crippen LogP contribution in [0.5, 0.6) is 0 Å². The molecule has 1 aliphatic rings. The molecule has 3 rings (SSSR count). The van der Waals surface area contributed by atoms with Crippen molar-refractivity contribution in [2.24, 2.45) is 0 Å². The third-order valence-corrected chi connectivity index (χ3v) is 5.02. The first-order chi connectivity index (χ1) is 12.3. The van der Waals surface area contributed by atoms with Crippen molar-refractivity contribution in [3.8, 4) is 0 Å². The Kier molecular flexibility index (Phi) is 5.42. The predicted molar refractivity (Wildman–Crippen MR) is 101 cm³/mol. The molecule has 1 N–H and O–H groups in total. The van der Waals surface area contributed by atoms with Gasteiger partial charge in [0.05, 0.1) is 5.60 Å². The van der Waals surface area contributed by atoms with E-state index in [0.717, 1.165) is 18.4 Å². The van der Waals surface area contributed by atoms with Crippen molar-refractivity contribution in [3.05, 3.63) is 71.0 Å². The summed E-state index contributed by atoms with van der Waals surface area (Å²) in [4.78, 5) is 14.7. The molecular formula is C22H26FNO2. The highest BCUT2D eigenvalue weighted by atomic mass is 19.1. The summed E-state index contributed by atoms with van der Waals surface area (Å²) in [6.45, 7) is 4.77. The van der Waals surface area contributed by atoms with Crippen molar-refractivity contribution in [3.63, 3.8) is 0 Å². The smallest absolute Gasteiger partial charge is 0.253 e. The van der Waals surface area contributed by atoms with Gasteiger partial charge < -0.3 is 10.0 Å². The molecule has 2 aromatic rings. The Morgan fingerprint density at radius 1 is 1.23 bits per heavy atom. The van der Waals surface area contributed by atoms with E-state index in [-0.39, 0.29) is 17.6 Å². The van der Waals surface area contributed by atoms with Gasteiger partial charge in [-0.25, -0.2) is 4.39 Å². The lowest BCUT2D eigenvalue weighted by molar-refractivity contribution is 0.0714. The summed E-state index contributed by atoms with van der Waals surface area (Å²) in [5.74, 6) is -0.145. The van der Waals surface area contributed by atoms with Crippen LogP contribution in [0.15, 0.2) is 48.5 Å². The van der Waals surface area contributed by atoms with Gasteiger partial charge in [0.2, 0.25) is 0 Å². The summed E-state index contributed by atoms with van der Waals surface area (Å²) in [7, 11) is 0. The van der Waals surface area contributed by atoms with Gasteiger partial charge in [-0.2, -0.15) is 0 Å². The highest BCUT2D eigenvalue weighted by molar-refractivity contribution is 5.94. The molecule has 26 heavy (non-hydrogen) atoms. The van der Waals surface area contributed by atoms with Gasteiger partial charge >= 0.3 is 0 Å². The molecule has 4 heteroatoms. The number of aryl methyl sites for hydroxylation is 1. The molecule has 1 fully saturated rings. The maximum absolute atomic E-state index is 14.0. The molecule has 1 aliphatic heterocycles. The van der Waals surface area contributed by atoms with Gasteiger partial charge in [-0.15, -0.1) is 0 Å². The second-order valence-corrected chi connectivity index (χ2v) is 7.77. The SMILES string of the molecule is CC(C)(O)CCc1cccc(C(=O)N2CCC(c3ccccc3F)C2)c1. The number of hydrogen-bond acceptors (Lipinski definition) is 2. The standard InChI is InChI=1S/C22H26FNO2/c1-22(2,26)12-10-16-6-5-7-17(14-16)21(25)24-13-11-18(15-24)19-8-3-4-9-20(19)23/h3-9,14,18,26H,10-13,15H2,1-2H3. The average molecular weight is 355 g/mol. The zero-order valence-corrected chi connectivity index (χ0v) is 15.4. The van der Waals surface area contributed by atoms with Gasteiger partial charge in [0, 0.05) is 24.6 Å². The lowest BCUT2D eigenvalue weighted by Crippen LogP contribution is -2.28. The maximum Gasteiger partial charge on any atom is 0.253 e. The first-order valence-electron chi connectivity index (χ1n) is 9.18. The zero-order valence-electron chi connectivity index (χ0n) is 15.4. The number of nitrogens with zero attached hydrogens (tertiary/aromatic N) is 1. The van der Waals surface area contributed by atoms with Crippen molar-refractivity contribution in [2.45, 2.75) is 44.6 Å². The normalized spacial score (nSPS) is 17.5. The van der Waals surface area contributed by atoms with Crippen LogP contribution >= 0.6 is 0 Å². The number of halogens is 1. The van der Waals surface area contributed by atoms with Crippen LogP contribution in [0.1, 0.15) is 54.1 Å². The van der Waals surface area contributed by atoms with Gasteiger partial charge in [0.15, 0.2) is 0 Å². The Bertz CT molecular complexity index is 782. The largest absolute Gasteiger partial charge is 0.390 e. The Balaban J connectivity index is 1.68. The minimum absolute atomic E-state index is 0.00560. The van der Waals surface area contributed by atoms with Crippen LogP contribution in [-0.4, -0.2) is 34.6 Å². The first-order valence-corrected chi connectivity index (χ1v) is 9.18. The third-order valence-electron chi connectivity index (χ3n) is 5.02. The molecule has 0 radical (unpaired) electrons. The second kappa shape index (κ2) is 7.58. The molecule has 138 valence electrons. The number of benzene rings is 2. The van der Waals surface area contributed by atoms with Crippen LogP contribution in [0.3, 0.4) is 0 Å². The predicted octanol–water partition coefficient (Wildman–Crippen LogP) is 4.16. The number of carbonyl (C=O) groups is 1. The van der Waals surface area contributed by atoms with Gasteiger partial charge in [0.1, 0.15) is 5.82 Å². The molecule has 1 unspecified atom stereocenters. The lowest BCUT2D eigenvalue weighted by Gasteiger charge is -2.19. The molecule has 0 bridgehead atoms. The highest BCUT2D eigenvalue weighted by Crippen LogP contribution is 2.30. The Morgan fingerprint density at radius 2 is 2.00 bits per heavy atom. The number of likely N-dealkylation sites (tertiary alicyclic amines) is 1. The van der Waals surface area contributed by atoms with Crippen LogP contribution in [0.25, 0.3) is 0 Å². The molecule has 1 amide bonds. The van der Waals surface area contributed by atoms with Crippen LogP contribution in [0, 0.1) is 5.82 Å². The first kappa shape index (κ1) is 18.6. The summed E-state index contributed by atoms with van der Waals surface area (Å²) < 4.78 is 14.0.